The van der Waals surface area contributed by atoms with Crippen molar-refractivity contribution in [2.45, 2.75) is 13.5 Å². The van der Waals surface area contributed by atoms with Gasteiger partial charge in [0.05, 0.1) is 5.52 Å². The molecule has 0 bridgehead atoms. The van der Waals surface area contributed by atoms with Crippen molar-refractivity contribution in [3.63, 3.8) is 0 Å². The number of anilines is 1. The van der Waals surface area contributed by atoms with Gasteiger partial charge in [-0.1, -0.05) is 18.2 Å². The lowest BCUT2D eigenvalue weighted by Gasteiger charge is -2.11. The molecule has 0 saturated heterocycles. The molecule has 0 aliphatic carbocycles. The molecule has 20 heavy (non-hydrogen) atoms. The summed E-state index contributed by atoms with van der Waals surface area (Å²) in [6, 6.07) is 15.4. The Kier molecular flexibility index (Phi) is 3.25. The number of aromatic hydroxyl groups is 1. The van der Waals surface area contributed by atoms with Gasteiger partial charge in [-0.3, -0.25) is 4.98 Å². The van der Waals surface area contributed by atoms with Gasteiger partial charge in [0.2, 0.25) is 0 Å². The van der Waals surface area contributed by atoms with Gasteiger partial charge in [-0.15, -0.1) is 0 Å². The minimum atomic E-state index is 0.290. The van der Waals surface area contributed by atoms with E-state index < -0.39 is 0 Å². The molecule has 3 aromatic rings. The highest BCUT2D eigenvalue weighted by Crippen LogP contribution is 2.25. The van der Waals surface area contributed by atoms with Crippen LogP contribution in [0.15, 0.2) is 54.7 Å². The summed E-state index contributed by atoms with van der Waals surface area (Å²) in [6.07, 6.45) is 1.82. The Balaban J connectivity index is 1.88. The third-order valence-electron chi connectivity index (χ3n) is 3.39. The second-order valence-electron chi connectivity index (χ2n) is 4.85. The van der Waals surface area contributed by atoms with Crippen LogP contribution in [0.1, 0.15) is 11.1 Å². The molecule has 3 rings (SSSR count). The maximum Gasteiger partial charge on any atom is 0.115 e. The molecule has 0 aliphatic rings. The van der Waals surface area contributed by atoms with Gasteiger partial charge in [-0.2, -0.15) is 0 Å². The maximum atomic E-state index is 9.29. The summed E-state index contributed by atoms with van der Waals surface area (Å²) < 4.78 is 0. The maximum absolute atomic E-state index is 9.29. The summed E-state index contributed by atoms with van der Waals surface area (Å²) in [7, 11) is 0. The Morgan fingerprint density at radius 3 is 2.65 bits per heavy atom. The lowest BCUT2D eigenvalue weighted by molar-refractivity contribution is 0.475. The van der Waals surface area contributed by atoms with Crippen LogP contribution >= 0.6 is 0 Å². The number of nitrogens with one attached hydrogen (secondary N) is 1. The molecule has 0 saturated carbocycles. The van der Waals surface area contributed by atoms with Gasteiger partial charge in [-0.25, -0.2) is 0 Å². The first-order chi connectivity index (χ1) is 9.74. The van der Waals surface area contributed by atoms with E-state index in [4.69, 9.17) is 0 Å². The largest absolute Gasteiger partial charge is 0.508 e. The number of benzene rings is 2. The monoisotopic (exact) mass is 264 g/mol. The molecular formula is C17H16N2O. The lowest BCUT2D eigenvalue weighted by atomic mass is 10.1. The molecule has 0 amide bonds. The van der Waals surface area contributed by atoms with Crippen LogP contribution in [0.2, 0.25) is 0 Å². The van der Waals surface area contributed by atoms with E-state index in [9.17, 15) is 5.11 Å². The van der Waals surface area contributed by atoms with Gasteiger partial charge < -0.3 is 10.4 Å². The molecule has 1 aromatic heterocycles. The highest BCUT2D eigenvalue weighted by atomic mass is 16.3. The van der Waals surface area contributed by atoms with E-state index in [1.54, 1.807) is 12.1 Å². The third kappa shape index (κ3) is 2.43. The van der Waals surface area contributed by atoms with Crippen LogP contribution in [-0.2, 0) is 6.54 Å². The van der Waals surface area contributed by atoms with Crippen molar-refractivity contribution in [2.24, 2.45) is 0 Å². The Hall–Kier alpha value is -2.55. The molecule has 2 aromatic carbocycles. The predicted octanol–water partition coefficient (Wildman–Crippen LogP) is 3.86. The second kappa shape index (κ2) is 5.21. The first-order valence-corrected chi connectivity index (χ1v) is 6.60. The summed E-state index contributed by atoms with van der Waals surface area (Å²) in [4.78, 5) is 4.43. The van der Waals surface area contributed by atoms with Crippen molar-refractivity contribution >= 4 is 16.6 Å². The molecular weight excluding hydrogens is 248 g/mol. The fourth-order valence-corrected chi connectivity index (χ4v) is 2.28. The number of rotatable bonds is 3. The van der Waals surface area contributed by atoms with E-state index in [-0.39, 0.29) is 0 Å². The molecule has 0 unspecified atom stereocenters. The van der Waals surface area contributed by atoms with Crippen molar-refractivity contribution in [1.82, 2.24) is 4.98 Å². The van der Waals surface area contributed by atoms with Gasteiger partial charge in [0.1, 0.15) is 5.75 Å². The molecule has 0 fully saturated rings. The van der Waals surface area contributed by atoms with Gasteiger partial charge >= 0.3 is 0 Å². The summed E-state index contributed by atoms with van der Waals surface area (Å²) in [5.74, 6) is 0.290. The minimum Gasteiger partial charge on any atom is -0.508 e. The number of pyridine rings is 1. The van der Waals surface area contributed by atoms with E-state index in [1.165, 1.54) is 5.56 Å². The molecule has 3 nitrogen and oxygen atoms in total. The average molecular weight is 264 g/mol. The van der Waals surface area contributed by atoms with Crippen LogP contribution in [0.5, 0.6) is 5.75 Å². The Morgan fingerprint density at radius 1 is 1.05 bits per heavy atom. The molecule has 1 heterocycles. The van der Waals surface area contributed by atoms with Crippen molar-refractivity contribution in [1.29, 1.82) is 0 Å². The lowest BCUT2D eigenvalue weighted by Crippen LogP contribution is -2.00. The number of hydrogen-bond acceptors (Lipinski definition) is 3. The van der Waals surface area contributed by atoms with Crippen LogP contribution in [0, 0.1) is 6.92 Å². The number of phenols is 1. The molecule has 0 atom stereocenters. The van der Waals surface area contributed by atoms with Crippen LogP contribution in [0.4, 0.5) is 5.69 Å². The highest BCUT2D eigenvalue weighted by molar-refractivity contribution is 5.93. The fourth-order valence-electron chi connectivity index (χ4n) is 2.28. The topological polar surface area (TPSA) is 45.1 Å². The molecule has 0 aliphatic heterocycles. The molecule has 0 spiro atoms. The quantitative estimate of drug-likeness (QED) is 0.755. The Bertz CT molecular complexity index is 736. The van der Waals surface area contributed by atoms with E-state index in [0.29, 0.717) is 12.3 Å². The van der Waals surface area contributed by atoms with Crippen LogP contribution in [0.25, 0.3) is 10.9 Å². The average Bonchev–Trinajstić information content (AvgIpc) is 2.49. The molecule has 0 radical (unpaired) electrons. The number of aryl methyl sites for hydroxylation is 1. The summed E-state index contributed by atoms with van der Waals surface area (Å²) in [6.45, 7) is 2.78. The van der Waals surface area contributed by atoms with Crippen LogP contribution in [-0.4, -0.2) is 10.1 Å². The molecule has 3 heteroatoms. The van der Waals surface area contributed by atoms with E-state index >= 15 is 0 Å². The van der Waals surface area contributed by atoms with E-state index in [1.807, 2.05) is 24.4 Å². The number of phenolic OH excluding ortho intramolecular Hbond substituents is 1. The van der Waals surface area contributed by atoms with Crippen molar-refractivity contribution < 1.29 is 5.11 Å². The number of aromatic nitrogens is 1. The zero-order chi connectivity index (χ0) is 13.9. The number of fused-ring (bicyclic) bond motifs is 1. The summed E-state index contributed by atoms with van der Waals surface area (Å²) >= 11 is 0. The van der Waals surface area contributed by atoms with Gasteiger partial charge in [0.15, 0.2) is 0 Å². The predicted molar refractivity (Wildman–Crippen MR) is 81.9 cm³/mol. The Labute approximate surface area is 117 Å². The fraction of sp³-hybridized carbons (Fsp3) is 0.118. The normalized spacial score (nSPS) is 10.7. The van der Waals surface area contributed by atoms with Gasteiger partial charge in [-0.05, 0) is 48.4 Å². The number of hydrogen-bond donors (Lipinski definition) is 2. The molecule has 2 N–H and O–H groups in total. The van der Waals surface area contributed by atoms with Gasteiger partial charge in [0.25, 0.3) is 0 Å². The summed E-state index contributed by atoms with van der Waals surface area (Å²) in [5, 5.41) is 13.8. The SMILES string of the molecule is Cc1ccc(NCc2ccc(O)cc2)c2cccnc12. The standard InChI is InChI=1S/C17H16N2O/c1-12-4-9-16(15-3-2-10-18-17(12)15)19-11-13-5-7-14(20)8-6-13/h2-10,19-20H,11H2,1H3. The van der Waals surface area contributed by atoms with E-state index in [2.05, 4.69) is 35.4 Å². The summed E-state index contributed by atoms with van der Waals surface area (Å²) in [5.41, 5.74) is 4.41. The first kappa shape index (κ1) is 12.5. The van der Waals surface area contributed by atoms with Crippen molar-refractivity contribution in [3.8, 4) is 5.75 Å². The van der Waals surface area contributed by atoms with Crippen LogP contribution in [0.3, 0.4) is 0 Å². The number of nitrogens with zero attached hydrogens (tertiary/aromatic N) is 1. The minimum absolute atomic E-state index is 0.290. The second-order valence-corrected chi connectivity index (χ2v) is 4.85. The van der Waals surface area contributed by atoms with Gasteiger partial charge in [0, 0.05) is 23.8 Å². The highest BCUT2D eigenvalue weighted by Gasteiger charge is 2.04. The zero-order valence-electron chi connectivity index (χ0n) is 11.3. The zero-order valence-corrected chi connectivity index (χ0v) is 11.3. The molecule has 100 valence electrons. The van der Waals surface area contributed by atoms with Crippen LogP contribution < -0.4 is 5.32 Å². The first-order valence-electron chi connectivity index (χ1n) is 6.60. The van der Waals surface area contributed by atoms with E-state index in [0.717, 1.165) is 22.2 Å². The Morgan fingerprint density at radius 2 is 1.85 bits per heavy atom. The third-order valence-corrected chi connectivity index (χ3v) is 3.39. The van der Waals surface area contributed by atoms with Crippen molar-refractivity contribution in [2.75, 3.05) is 5.32 Å². The smallest absolute Gasteiger partial charge is 0.115 e. The van der Waals surface area contributed by atoms with Crippen molar-refractivity contribution in [3.05, 3.63) is 65.9 Å².